The first-order valence-electron chi connectivity index (χ1n) is 8.18. The highest BCUT2D eigenvalue weighted by atomic mass is 15.1. The Balaban J connectivity index is 1.82. The standard InChI is InChI=1S/C18H30N2/c1-4-19-16(3)12-18-6-5-11-20(14-18)13-17-9-7-15(2)8-10-17/h7-10,16,18-19H,4-6,11-14H2,1-3H3. The number of benzene rings is 1. The van der Waals surface area contributed by atoms with Crippen LogP contribution in [0.4, 0.5) is 0 Å². The van der Waals surface area contributed by atoms with E-state index >= 15 is 0 Å². The molecule has 0 bridgehead atoms. The molecule has 2 heteroatoms. The van der Waals surface area contributed by atoms with E-state index in [4.69, 9.17) is 0 Å². The summed E-state index contributed by atoms with van der Waals surface area (Å²) in [5, 5.41) is 3.55. The van der Waals surface area contributed by atoms with Gasteiger partial charge in [-0.1, -0.05) is 36.8 Å². The van der Waals surface area contributed by atoms with Gasteiger partial charge in [-0.2, -0.15) is 0 Å². The molecule has 2 atom stereocenters. The minimum atomic E-state index is 0.657. The summed E-state index contributed by atoms with van der Waals surface area (Å²) in [5.74, 6) is 0.864. The maximum atomic E-state index is 3.55. The van der Waals surface area contributed by atoms with Crippen molar-refractivity contribution < 1.29 is 0 Å². The molecule has 1 fully saturated rings. The Bertz CT molecular complexity index is 385. The SMILES string of the molecule is CCNC(C)CC1CCCN(Cc2ccc(C)cc2)C1. The third-order valence-corrected chi connectivity index (χ3v) is 4.37. The van der Waals surface area contributed by atoms with E-state index in [0.29, 0.717) is 6.04 Å². The Morgan fingerprint density at radius 2 is 2.05 bits per heavy atom. The van der Waals surface area contributed by atoms with Crippen LogP contribution >= 0.6 is 0 Å². The van der Waals surface area contributed by atoms with Crippen molar-refractivity contribution in [3.05, 3.63) is 35.4 Å². The maximum Gasteiger partial charge on any atom is 0.0233 e. The number of hydrogen-bond donors (Lipinski definition) is 1. The van der Waals surface area contributed by atoms with Gasteiger partial charge in [-0.15, -0.1) is 0 Å². The van der Waals surface area contributed by atoms with E-state index in [1.165, 1.54) is 43.5 Å². The van der Waals surface area contributed by atoms with Crippen molar-refractivity contribution in [2.45, 2.75) is 52.6 Å². The monoisotopic (exact) mass is 274 g/mol. The fourth-order valence-corrected chi connectivity index (χ4v) is 3.37. The number of hydrogen-bond acceptors (Lipinski definition) is 2. The van der Waals surface area contributed by atoms with Gasteiger partial charge in [-0.25, -0.2) is 0 Å². The summed E-state index contributed by atoms with van der Waals surface area (Å²) < 4.78 is 0. The molecule has 2 nitrogen and oxygen atoms in total. The summed E-state index contributed by atoms with van der Waals surface area (Å²) in [6.07, 6.45) is 4.08. The molecule has 0 saturated carbocycles. The lowest BCUT2D eigenvalue weighted by atomic mass is 9.91. The molecule has 0 aliphatic carbocycles. The summed E-state index contributed by atoms with van der Waals surface area (Å²) >= 11 is 0. The van der Waals surface area contributed by atoms with Gasteiger partial charge in [0.2, 0.25) is 0 Å². The third kappa shape index (κ3) is 4.92. The zero-order chi connectivity index (χ0) is 14.4. The predicted octanol–water partition coefficient (Wildman–Crippen LogP) is 3.60. The molecule has 0 amide bonds. The number of piperidine rings is 1. The van der Waals surface area contributed by atoms with Crippen molar-refractivity contribution in [2.24, 2.45) is 5.92 Å². The number of aryl methyl sites for hydroxylation is 1. The second-order valence-electron chi connectivity index (χ2n) is 6.42. The van der Waals surface area contributed by atoms with E-state index in [2.05, 4.69) is 55.3 Å². The van der Waals surface area contributed by atoms with Crippen molar-refractivity contribution in [2.75, 3.05) is 19.6 Å². The smallest absolute Gasteiger partial charge is 0.0233 e. The molecule has 112 valence electrons. The van der Waals surface area contributed by atoms with Gasteiger partial charge in [0.1, 0.15) is 0 Å². The first-order chi connectivity index (χ1) is 9.67. The van der Waals surface area contributed by atoms with Gasteiger partial charge < -0.3 is 5.32 Å². The molecule has 1 aromatic rings. The van der Waals surface area contributed by atoms with E-state index in [0.717, 1.165) is 19.0 Å². The predicted molar refractivity (Wildman–Crippen MR) is 86.9 cm³/mol. The Labute approximate surface area is 124 Å². The molecule has 0 radical (unpaired) electrons. The molecule has 1 aromatic carbocycles. The van der Waals surface area contributed by atoms with E-state index < -0.39 is 0 Å². The topological polar surface area (TPSA) is 15.3 Å². The molecule has 1 aliphatic rings. The average molecular weight is 274 g/mol. The minimum absolute atomic E-state index is 0.657. The Morgan fingerprint density at radius 1 is 1.30 bits per heavy atom. The van der Waals surface area contributed by atoms with Crippen LogP contribution in [0.5, 0.6) is 0 Å². The number of nitrogens with one attached hydrogen (secondary N) is 1. The largest absolute Gasteiger partial charge is 0.315 e. The van der Waals surface area contributed by atoms with Crippen molar-refractivity contribution in [1.82, 2.24) is 10.2 Å². The van der Waals surface area contributed by atoms with Crippen LogP contribution in [0.1, 0.15) is 44.2 Å². The molecule has 0 spiro atoms. The quantitative estimate of drug-likeness (QED) is 0.853. The second-order valence-corrected chi connectivity index (χ2v) is 6.42. The zero-order valence-electron chi connectivity index (χ0n) is 13.4. The van der Waals surface area contributed by atoms with Crippen molar-refractivity contribution in [3.63, 3.8) is 0 Å². The van der Waals surface area contributed by atoms with Gasteiger partial charge in [-0.3, -0.25) is 4.90 Å². The fourth-order valence-electron chi connectivity index (χ4n) is 3.37. The third-order valence-electron chi connectivity index (χ3n) is 4.37. The molecule has 1 N–H and O–H groups in total. The van der Waals surface area contributed by atoms with Gasteiger partial charge in [0.25, 0.3) is 0 Å². The first-order valence-corrected chi connectivity index (χ1v) is 8.18. The molecular weight excluding hydrogens is 244 g/mol. The highest BCUT2D eigenvalue weighted by molar-refractivity contribution is 5.21. The number of rotatable bonds is 6. The first kappa shape index (κ1) is 15.5. The molecule has 1 saturated heterocycles. The normalized spacial score (nSPS) is 21.9. The molecule has 2 rings (SSSR count). The van der Waals surface area contributed by atoms with E-state index in [9.17, 15) is 0 Å². The molecule has 20 heavy (non-hydrogen) atoms. The van der Waals surface area contributed by atoms with Gasteiger partial charge >= 0.3 is 0 Å². The number of likely N-dealkylation sites (tertiary alicyclic amines) is 1. The van der Waals surface area contributed by atoms with E-state index in [-0.39, 0.29) is 0 Å². The van der Waals surface area contributed by atoms with Gasteiger partial charge in [0.05, 0.1) is 0 Å². The van der Waals surface area contributed by atoms with Gasteiger partial charge in [0.15, 0.2) is 0 Å². The van der Waals surface area contributed by atoms with Crippen molar-refractivity contribution in [3.8, 4) is 0 Å². The lowest BCUT2D eigenvalue weighted by Gasteiger charge is -2.34. The highest BCUT2D eigenvalue weighted by Gasteiger charge is 2.21. The van der Waals surface area contributed by atoms with Gasteiger partial charge in [0, 0.05) is 19.1 Å². The van der Waals surface area contributed by atoms with Gasteiger partial charge in [-0.05, 0) is 57.7 Å². The van der Waals surface area contributed by atoms with Crippen molar-refractivity contribution >= 4 is 0 Å². The van der Waals surface area contributed by atoms with Crippen LogP contribution in [-0.2, 0) is 6.54 Å². The molecule has 2 unspecified atom stereocenters. The zero-order valence-corrected chi connectivity index (χ0v) is 13.4. The highest BCUT2D eigenvalue weighted by Crippen LogP contribution is 2.22. The van der Waals surface area contributed by atoms with E-state index in [1.54, 1.807) is 0 Å². The Morgan fingerprint density at radius 3 is 2.75 bits per heavy atom. The Kier molecular flexibility index (Phi) is 6.06. The molecule has 0 aromatic heterocycles. The van der Waals surface area contributed by atoms with Crippen LogP contribution in [0.3, 0.4) is 0 Å². The van der Waals surface area contributed by atoms with Crippen molar-refractivity contribution in [1.29, 1.82) is 0 Å². The summed E-state index contributed by atoms with van der Waals surface area (Å²) in [4.78, 5) is 2.64. The Hall–Kier alpha value is -0.860. The average Bonchev–Trinajstić information content (AvgIpc) is 2.42. The van der Waals surface area contributed by atoms with Crippen LogP contribution in [0.2, 0.25) is 0 Å². The molecule has 1 heterocycles. The lowest BCUT2D eigenvalue weighted by Crippen LogP contribution is -2.38. The fraction of sp³-hybridized carbons (Fsp3) is 0.667. The molecule has 1 aliphatic heterocycles. The van der Waals surface area contributed by atoms with Crippen LogP contribution in [0.25, 0.3) is 0 Å². The summed E-state index contributed by atoms with van der Waals surface area (Å²) in [7, 11) is 0. The minimum Gasteiger partial charge on any atom is -0.315 e. The van der Waals surface area contributed by atoms with E-state index in [1.807, 2.05) is 0 Å². The second kappa shape index (κ2) is 7.80. The molecular formula is C18H30N2. The van der Waals surface area contributed by atoms with Crippen LogP contribution in [0.15, 0.2) is 24.3 Å². The lowest BCUT2D eigenvalue weighted by molar-refractivity contribution is 0.155. The van der Waals surface area contributed by atoms with Crippen LogP contribution in [-0.4, -0.2) is 30.6 Å². The summed E-state index contributed by atoms with van der Waals surface area (Å²) in [5.41, 5.74) is 2.81. The number of nitrogens with zero attached hydrogens (tertiary/aromatic N) is 1. The maximum absolute atomic E-state index is 3.55. The summed E-state index contributed by atoms with van der Waals surface area (Å²) in [6.45, 7) is 11.4. The van der Waals surface area contributed by atoms with Crippen LogP contribution < -0.4 is 5.32 Å². The summed E-state index contributed by atoms with van der Waals surface area (Å²) in [6, 6.07) is 9.67. The van der Waals surface area contributed by atoms with Crippen LogP contribution in [0, 0.1) is 12.8 Å².